The molecule has 0 unspecified atom stereocenters. The number of hydrogen-bond donors (Lipinski definition) is 2. The van der Waals surface area contributed by atoms with E-state index in [0.717, 1.165) is 5.56 Å². The summed E-state index contributed by atoms with van der Waals surface area (Å²) in [5, 5.41) is 5.82. The number of aliphatic imine (C=N–C) groups is 1. The molecule has 1 aromatic carbocycles. The van der Waals surface area contributed by atoms with Crippen LogP contribution in [0.25, 0.3) is 10.9 Å². The van der Waals surface area contributed by atoms with Crippen molar-refractivity contribution in [2.24, 2.45) is 16.8 Å². The minimum Gasteiger partial charge on any atom is -0.368 e. The Morgan fingerprint density at radius 3 is 2.71 bits per heavy atom. The van der Waals surface area contributed by atoms with Gasteiger partial charge < -0.3 is 15.5 Å². The fraction of sp³-hybridized carbons (Fsp3) is 0.522. The molecule has 4 rings (SSSR count). The molecule has 34 heavy (non-hydrogen) atoms. The molecule has 1 saturated carbocycles. The van der Waals surface area contributed by atoms with E-state index in [1.165, 1.54) is 0 Å². The number of fused-ring (bicyclic) bond motifs is 1. The van der Waals surface area contributed by atoms with E-state index in [1.807, 2.05) is 0 Å². The third-order valence-electron chi connectivity index (χ3n) is 6.36. The number of piperidine rings is 1. The fourth-order valence-electron chi connectivity index (χ4n) is 4.74. The van der Waals surface area contributed by atoms with Crippen molar-refractivity contribution in [2.75, 3.05) is 31.6 Å². The zero-order valence-electron chi connectivity index (χ0n) is 18.6. The molecular weight excluding hydrogens is 457 g/mol. The summed E-state index contributed by atoms with van der Waals surface area (Å²) in [7, 11) is 1.62. The van der Waals surface area contributed by atoms with Gasteiger partial charge in [0.05, 0.1) is 11.4 Å². The van der Waals surface area contributed by atoms with Crippen LogP contribution in [0.1, 0.15) is 24.8 Å². The van der Waals surface area contributed by atoms with Gasteiger partial charge in [0.15, 0.2) is 0 Å². The minimum absolute atomic E-state index is 0.0668. The van der Waals surface area contributed by atoms with Crippen molar-refractivity contribution in [3.05, 3.63) is 36.0 Å². The molecule has 2 N–H and O–H groups in total. The van der Waals surface area contributed by atoms with Crippen molar-refractivity contribution in [3.8, 4) is 0 Å². The second-order valence-corrected chi connectivity index (χ2v) is 9.02. The Labute approximate surface area is 193 Å². The molecule has 0 bridgehead atoms. The van der Waals surface area contributed by atoms with Crippen molar-refractivity contribution in [3.63, 3.8) is 0 Å². The number of rotatable bonds is 5. The average molecular weight is 483 g/mol. The summed E-state index contributed by atoms with van der Waals surface area (Å²) >= 11 is 0. The first kappa shape index (κ1) is 24.2. The lowest BCUT2D eigenvalue weighted by Crippen LogP contribution is -2.56. The highest BCUT2D eigenvalue weighted by molar-refractivity contribution is 6.03. The highest BCUT2D eigenvalue weighted by Crippen LogP contribution is 2.42. The Morgan fingerprint density at radius 2 is 2.03 bits per heavy atom. The molecule has 2 heterocycles. The van der Waals surface area contributed by atoms with Crippen molar-refractivity contribution < 1.29 is 26.7 Å². The van der Waals surface area contributed by atoms with Crippen LogP contribution < -0.4 is 15.5 Å². The van der Waals surface area contributed by atoms with Gasteiger partial charge in [-0.3, -0.25) is 9.98 Å². The molecule has 2 aromatic rings. The van der Waals surface area contributed by atoms with Gasteiger partial charge in [-0.25, -0.2) is 13.6 Å². The number of pyridine rings is 1. The van der Waals surface area contributed by atoms with E-state index < -0.39 is 30.1 Å². The number of carbonyl (C=O) groups excluding carboxylic acids is 1. The standard InChI is InChI=1S/C23H26F5N5O/c1-29-11-15-4-5-19(18-3-2-6-30-20(15)18)33-12-16(23(26,27)28)7-17(13-33)32-21(34)31-10-14-8-22(24,25)9-14/h2-6,11,14,16-17H,7-10,12-13H2,1H3,(H2,31,32,34)/b29-11+/t16-,17+/m0/s1. The molecule has 0 radical (unpaired) electrons. The lowest BCUT2D eigenvalue weighted by Gasteiger charge is -2.40. The largest absolute Gasteiger partial charge is 0.393 e. The van der Waals surface area contributed by atoms with E-state index in [-0.39, 0.29) is 44.8 Å². The van der Waals surface area contributed by atoms with Gasteiger partial charge in [0.2, 0.25) is 5.92 Å². The zero-order chi connectivity index (χ0) is 24.5. The summed E-state index contributed by atoms with van der Waals surface area (Å²) in [4.78, 5) is 22.3. The first-order chi connectivity index (χ1) is 16.1. The third kappa shape index (κ3) is 5.39. The van der Waals surface area contributed by atoms with Gasteiger partial charge in [-0.05, 0) is 36.6 Å². The van der Waals surface area contributed by atoms with E-state index in [0.29, 0.717) is 16.6 Å². The monoisotopic (exact) mass is 483 g/mol. The number of carbonyl (C=O) groups is 1. The van der Waals surface area contributed by atoms with E-state index in [9.17, 15) is 26.7 Å². The summed E-state index contributed by atoms with van der Waals surface area (Å²) in [5.74, 6) is -4.65. The molecule has 1 aromatic heterocycles. The lowest BCUT2D eigenvalue weighted by molar-refractivity contribution is -0.177. The zero-order valence-corrected chi connectivity index (χ0v) is 18.6. The average Bonchev–Trinajstić information content (AvgIpc) is 2.76. The summed E-state index contributed by atoms with van der Waals surface area (Å²) < 4.78 is 67.2. The maximum Gasteiger partial charge on any atom is 0.393 e. The van der Waals surface area contributed by atoms with E-state index in [2.05, 4.69) is 20.6 Å². The molecule has 2 fully saturated rings. The van der Waals surface area contributed by atoms with Crippen LogP contribution in [0, 0.1) is 11.8 Å². The molecule has 1 aliphatic carbocycles. The normalized spacial score (nSPS) is 23.2. The number of urea groups is 1. The summed E-state index contributed by atoms with van der Waals surface area (Å²) in [5.41, 5.74) is 1.97. The molecule has 2 aliphatic rings. The van der Waals surface area contributed by atoms with Gasteiger partial charge in [0, 0.05) is 74.6 Å². The van der Waals surface area contributed by atoms with Gasteiger partial charge >= 0.3 is 12.2 Å². The van der Waals surface area contributed by atoms with Crippen LogP contribution in [0.15, 0.2) is 35.5 Å². The maximum absolute atomic E-state index is 13.7. The molecule has 184 valence electrons. The molecule has 6 nitrogen and oxygen atoms in total. The number of aromatic nitrogens is 1. The highest BCUT2D eigenvalue weighted by Gasteiger charge is 2.46. The van der Waals surface area contributed by atoms with Crippen molar-refractivity contribution in [2.45, 2.75) is 37.4 Å². The van der Waals surface area contributed by atoms with E-state index in [1.54, 1.807) is 48.6 Å². The van der Waals surface area contributed by atoms with Crippen LogP contribution in [-0.2, 0) is 0 Å². The smallest absolute Gasteiger partial charge is 0.368 e. The highest BCUT2D eigenvalue weighted by atomic mass is 19.4. The van der Waals surface area contributed by atoms with Crippen molar-refractivity contribution in [1.82, 2.24) is 15.6 Å². The SMILES string of the molecule is C/N=C/c1ccc(N2C[C@H](NC(=O)NCC3CC(F)(F)C3)C[C@H](C(F)(F)F)C2)c2cccnc12. The lowest BCUT2D eigenvalue weighted by atomic mass is 9.81. The Hall–Kier alpha value is -2.98. The summed E-state index contributed by atoms with van der Waals surface area (Å²) in [6, 6.07) is 5.60. The molecule has 11 heteroatoms. The predicted molar refractivity (Wildman–Crippen MR) is 120 cm³/mol. The van der Waals surface area contributed by atoms with Gasteiger partial charge in [-0.1, -0.05) is 0 Å². The number of halogens is 5. The van der Waals surface area contributed by atoms with Crippen LogP contribution in [0.5, 0.6) is 0 Å². The quantitative estimate of drug-likeness (QED) is 0.490. The van der Waals surface area contributed by atoms with Crippen LogP contribution in [-0.4, -0.2) is 62.1 Å². The molecule has 2 atom stereocenters. The van der Waals surface area contributed by atoms with Crippen molar-refractivity contribution in [1.29, 1.82) is 0 Å². The summed E-state index contributed by atoms with van der Waals surface area (Å²) in [6.07, 6.45) is -2.02. The predicted octanol–water partition coefficient (Wildman–Crippen LogP) is 4.39. The van der Waals surface area contributed by atoms with Gasteiger partial charge in [-0.15, -0.1) is 0 Å². The molecule has 0 spiro atoms. The fourth-order valence-corrected chi connectivity index (χ4v) is 4.74. The number of nitrogens with one attached hydrogen (secondary N) is 2. The van der Waals surface area contributed by atoms with Crippen LogP contribution >= 0.6 is 0 Å². The Kier molecular flexibility index (Phi) is 6.64. The van der Waals surface area contributed by atoms with Crippen molar-refractivity contribution >= 4 is 28.8 Å². The number of alkyl halides is 5. The van der Waals surface area contributed by atoms with Gasteiger partial charge in [-0.2, -0.15) is 13.2 Å². The summed E-state index contributed by atoms with van der Waals surface area (Å²) in [6.45, 7) is -0.00429. The number of nitrogens with zero attached hydrogens (tertiary/aromatic N) is 3. The van der Waals surface area contributed by atoms with E-state index >= 15 is 0 Å². The van der Waals surface area contributed by atoms with Gasteiger partial charge in [0.25, 0.3) is 0 Å². The minimum atomic E-state index is -4.44. The van der Waals surface area contributed by atoms with Crippen LogP contribution in [0.2, 0.25) is 0 Å². The molecular formula is C23H26F5N5O. The van der Waals surface area contributed by atoms with Crippen LogP contribution in [0.4, 0.5) is 32.4 Å². The number of benzene rings is 1. The Balaban J connectivity index is 1.51. The molecule has 1 saturated heterocycles. The number of hydrogen-bond acceptors (Lipinski definition) is 4. The second-order valence-electron chi connectivity index (χ2n) is 9.02. The third-order valence-corrected chi connectivity index (χ3v) is 6.36. The topological polar surface area (TPSA) is 69.6 Å². The Bertz CT molecular complexity index is 1070. The molecule has 2 amide bonds. The van der Waals surface area contributed by atoms with Crippen LogP contribution in [0.3, 0.4) is 0 Å². The first-order valence-corrected chi connectivity index (χ1v) is 11.1. The molecule has 1 aliphatic heterocycles. The van der Waals surface area contributed by atoms with E-state index in [4.69, 9.17) is 0 Å². The number of amides is 2. The first-order valence-electron chi connectivity index (χ1n) is 11.1. The maximum atomic E-state index is 13.7. The second kappa shape index (κ2) is 9.34. The Morgan fingerprint density at radius 1 is 1.26 bits per heavy atom. The number of anilines is 1. The van der Waals surface area contributed by atoms with Gasteiger partial charge in [0.1, 0.15) is 0 Å².